The molecule has 0 aliphatic carbocycles. The third-order valence-corrected chi connectivity index (χ3v) is 3.69. The second-order valence-electron chi connectivity index (χ2n) is 5.14. The van der Waals surface area contributed by atoms with E-state index in [9.17, 15) is 14.4 Å². The average Bonchev–Trinajstić information content (AvgIpc) is 2.54. The lowest BCUT2D eigenvalue weighted by atomic mass is 10.0. The SMILES string of the molecule is O=C(O)C[C@H](NC(=O)c1cncc(Br)c1)C(=O)Cc1ccccc1. The zero-order valence-electron chi connectivity index (χ0n) is 12.6. The van der Waals surface area contributed by atoms with Gasteiger partial charge in [0.05, 0.1) is 18.0 Å². The van der Waals surface area contributed by atoms with Crippen LogP contribution in [0, 0.1) is 0 Å². The number of nitrogens with zero attached hydrogens (tertiary/aromatic N) is 1. The topological polar surface area (TPSA) is 96.4 Å². The molecular weight excluding hydrogens is 376 g/mol. The van der Waals surface area contributed by atoms with Crippen LogP contribution in [0.4, 0.5) is 0 Å². The lowest BCUT2D eigenvalue weighted by molar-refractivity contribution is -0.139. The summed E-state index contributed by atoms with van der Waals surface area (Å²) < 4.78 is 0.612. The largest absolute Gasteiger partial charge is 0.481 e. The zero-order valence-corrected chi connectivity index (χ0v) is 14.2. The number of aromatic nitrogens is 1. The van der Waals surface area contributed by atoms with Crippen molar-refractivity contribution in [2.75, 3.05) is 0 Å². The summed E-state index contributed by atoms with van der Waals surface area (Å²) in [5.74, 6) is -2.06. The van der Waals surface area contributed by atoms with Gasteiger partial charge >= 0.3 is 5.97 Å². The van der Waals surface area contributed by atoms with Crippen LogP contribution in [0.2, 0.25) is 0 Å². The van der Waals surface area contributed by atoms with E-state index in [1.165, 1.54) is 12.4 Å². The van der Waals surface area contributed by atoms with Gasteiger partial charge in [0.2, 0.25) is 0 Å². The molecule has 2 N–H and O–H groups in total. The van der Waals surface area contributed by atoms with E-state index in [4.69, 9.17) is 5.11 Å². The van der Waals surface area contributed by atoms with Gasteiger partial charge in [0.15, 0.2) is 5.78 Å². The Balaban J connectivity index is 2.11. The Kier molecular flexibility index (Phi) is 6.20. The van der Waals surface area contributed by atoms with Crippen LogP contribution in [0.25, 0.3) is 0 Å². The van der Waals surface area contributed by atoms with Crippen molar-refractivity contribution in [3.05, 3.63) is 64.4 Å². The summed E-state index contributed by atoms with van der Waals surface area (Å²) in [6.45, 7) is 0. The molecule has 0 saturated carbocycles. The first-order valence-electron chi connectivity index (χ1n) is 7.15. The van der Waals surface area contributed by atoms with Crippen molar-refractivity contribution < 1.29 is 19.5 Å². The van der Waals surface area contributed by atoms with Crippen LogP contribution in [0.3, 0.4) is 0 Å². The van der Waals surface area contributed by atoms with Gasteiger partial charge in [-0.15, -0.1) is 0 Å². The summed E-state index contributed by atoms with van der Waals surface area (Å²) >= 11 is 3.21. The predicted molar refractivity (Wildman–Crippen MR) is 90.6 cm³/mol. The molecule has 0 bridgehead atoms. The number of rotatable bonds is 7. The van der Waals surface area contributed by atoms with Crippen LogP contribution >= 0.6 is 15.9 Å². The van der Waals surface area contributed by atoms with Crippen molar-refractivity contribution in [2.45, 2.75) is 18.9 Å². The molecule has 1 atom stereocenters. The van der Waals surface area contributed by atoms with E-state index in [0.29, 0.717) is 4.47 Å². The number of aliphatic carboxylic acids is 1. The number of ketones is 1. The molecule has 124 valence electrons. The maximum absolute atomic E-state index is 12.4. The number of carbonyl (C=O) groups excluding carboxylic acids is 2. The molecule has 0 aliphatic heterocycles. The Morgan fingerprint density at radius 2 is 1.88 bits per heavy atom. The van der Waals surface area contributed by atoms with Gasteiger partial charge in [-0.05, 0) is 27.6 Å². The molecule has 0 fully saturated rings. The van der Waals surface area contributed by atoms with Crippen LogP contribution in [0.15, 0.2) is 53.3 Å². The van der Waals surface area contributed by atoms with E-state index in [1.54, 1.807) is 30.3 Å². The summed E-state index contributed by atoms with van der Waals surface area (Å²) in [4.78, 5) is 39.5. The number of pyridine rings is 1. The molecule has 0 unspecified atom stereocenters. The second-order valence-corrected chi connectivity index (χ2v) is 6.06. The summed E-state index contributed by atoms with van der Waals surface area (Å²) in [6, 6.07) is 9.40. The van der Waals surface area contributed by atoms with Crippen LogP contribution in [-0.2, 0) is 16.0 Å². The number of hydrogen-bond acceptors (Lipinski definition) is 4. The van der Waals surface area contributed by atoms with Gasteiger partial charge in [0, 0.05) is 23.3 Å². The molecule has 1 aromatic heterocycles. The molecular formula is C17H15BrN2O4. The highest BCUT2D eigenvalue weighted by molar-refractivity contribution is 9.10. The quantitative estimate of drug-likeness (QED) is 0.755. The summed E-state index contributed by atoms with van der Waals surface area (Å²) in [7, 11) is 0. The normalized spacial score (nSPS) is 11.5. The summed E-state index contributed by atoms with van der Waals surface area (Å²) in [5.41, 5.74) is 1.00. The standard InChI is InChI=1S/C17H15BrN2O4/c18-13-7-12(9-19-10-13)17(24)20-14(8-16(22)23)15(21)6-11-4-2-1-3-5-11/h1-5,7,9-10,14H,6,8H2,(H,20,24)(H,22,23)/t14-/m0/s1. The molecule has 1 heterocycles. The van der Waals surface area contributed by atoms with Crippen molar-refractivity contribution in [1.82, 2.24) is 10.3 Å². The number of amides is 1. The van der Waals surface area contributed by atoms with Crippen LogP contribution in [0.1, 0.15) is 22.3 Å². The highest BCUT2D eigenvalue weighted by Crippen LogP contribution is 2.11. The maximum Gasteiger partial charge on any atom is 0.305 e. The molecule has 6 nitrogen and oxygen atoms in total. The van der Waals surface area contributed by atoms with Gasteiger partial charge in [-0.1, -0.05) is 30.3 Å². The summed E-state index contributed by atoms with van der Waals surface area (Å²) in [5, 5.41) is 11.5. The lowest BCUT2D eigenvalue weighted by Gasteiger charge is -2.16. The van der Waals surface area contributed by atoms with Crippen molar-refractivity contribution in [1.29, 1.82) is 0 Å². The van der Waals surface area contributed by atoms with E-state index in [2.05, 4.69) is 26.2 Å². The molecule has 2 rings (SSSR count). The lowest BCUT2D eigenvalue weighted by Crippen LogP contribution is -2.43. The second kappa shape index (κ2) is 8.35. The van der Waals surface area contributed by atoms with E-state index in [1.807, 2.05) is 6.07 Å². The Labute approximate surface area is 147 Å². The first-order chi connectivity index (χ1) is 11.5. The van der Waals surface area contributed by atoms with E-state index >= 15 is 0 Å². The fourth-order valence-corrected chi connectivity index (χ4v) is 2.48. The number of carboxylic acid groups (broad SMARTS) is 1. The van der Waals surface area contributed by atoms with Gasteiger partial charge < -0.3 is 10.4 Å². The van der Waals surface area contributed by atoms with Gasteiger partial charge in [-0.25, -0.2) is 0 Å². The van der Waals surface area contributed by atoms with Crippen molar-refractivity contribution in [3.63, 3.8) is 0 Å². The summed E-state index contributed by atoms with van der Waals surface area (Å²) in [6.07, 6.45) is 2.44. The number of nitrogens with one attached hydrogen (secondary N) is 1. The molecule has 0 saturated heterocycles. The van der Waals surface area contributed by atoms with Gasteiger partial charge in [-0.3, -0.25) is 19.4 Å². The maximum atomic E-state index is 12.4. The molecule has 0 spiro atoms. The van der Waals surface area contributed by atoms with Gasteiger partial charge in [0.25, 0.3) is 5.91 Å². The molecule has 7 heteroatoms. The number of halogens is 1. The minimum Gasteiger partial charge on any atom is -0.481 e. The minimum absolute atomic E-state index is 0.0514. The number of hydrogen-bond donors (Lipinski definition) is 2. The smallest absolute Gasteiger partial charge is 0.305 e. The molecule has 1 amide bonds. The van der Waals surface area contributed by atoms with E-state index < -0.39 is 24.3 Å². The molecule has 0 aliphatic rings. The van der Waals surface area contributed by atoms with E-state index in [0.717, 1.165) is 5.56 Å². The Bertz CT molecular complexity index is 749. The number of carbonyl (C=O) groups is 3. The zero-order chi connectivity index (χ0) is 17.5. The highest BCUT2D eigenvalue weighted by atomic mass is 79.9. The monoisotopic (exact) mass is 390 g/mol. The Hall–Kier alpha value is -2.54. The predicted octanol–water partition coefficient (Wildman–Crippen LogP) is 2.23. The Morgan fingerprint density at radius 3 is 2.50 bits per heavy atom. The fourth-order valence-electron chi connectivity index (χ4n) is 2.12. The average molecular weight is 391 g/mol. The third kappa shape index (κ3) is 5.27. The van der Waals surface area contributed by atoms with Gasteiger partial charge in [0.1, 0.15) is 0 Å². The number of benzene rings is 1. The first-order valence-corrected chi connectivity index (χ1v) is 7.95. The molecule has 24 heavy (non-hydrogen) atoms. The number of carboxylic acids is 1. The third-order valence-electron chi connectivity index (χ3n) is 3.26. The van der Waals surface area contributed by atoms with Crippen molar-refractivity contribution in [3.8, 4) is 0 Å². The van der Waals surface area contributed by atoms with Gasteiger partial charge in [-0.2, -0.15) is 0 Å². The first kappa shape index (κ1) is 17.8. The van der Waals surface area contributed by atoms with Crippen molar-refractivity contribution in [2.24, 2.45) is 0 Å². The molecule has 2 aromatic rings. The van der Waals surface area contributed by atoms with Crippen molar-refractivity contribution >= 4 is 33.6 Å². The molecule has 0 radical (unpaired) electrons. The fraction of sp³-hybridized carbons (Fsp3) is 0.176. The number of Topliss-reactive ketones (excluding diaryl/α,β-unsaturated/α-hetero) is 1. The Morgan fingerprint density at radius 1 is 1.17 bits per heavy atom. The van der Waals surface area contributed by atoms with E-state index in [-0.39, 0.29) is 17.8 Å². The molecule has 1 aromatic carbocycles. The highest BCUT2D eigenvalue weighted by Gasteiger charge is 2.24. The minimum atomic E-state index is -1.16. The van der Waals surface area contributed by atoms with Crippen LogP contribution < -0.4 is 5.32 Å². The van der Waals surface area contributed by atoms with Crippen LogP contribution in [0.5, 0.6) is 0 Å². The van der Waals surface area contributed by atoms with Crippen LogP contribution in [-0.4, -0.2) is 33.8 Å².